The third-order valence-corrected chi connectivity index (χ3v) is 3.89. The van der Waals surface area contributed by atoms with Gasteiger partial charge in [-0.05, 0) is 32.4 Å². The number of likely N-dealkylation sites (tertiary alicyclic amines) is 1. The van der Waals surface area contributed by atoms with Gasteiger partial charge in [0.05, 0.1) is 6.54 Å². The summed E-state index contributed by atoms with van der Waals surface area (Å²) >= 11 is 0. The summed E-state index contributed by atoms with van der Waals surface area (Å²) in [6.45, 7) is 10.5. The Morgan fingerprint density at radius 2 is 2.25 bits per heavy atom. The maximum Gasteiger partial charge on any atom is 0.240 e. The third-order valence-electron chi connectivity index (χ3n) is 3.89. The molecular formula is C15H28N4O. The lowest BCUT2D eigenvalue weighted by Crippen LogP contribution is -2.45. The average Bonchev–Trinajstić information content (AvgIpc) is 2.90. The van der Waals surface area contributed by atoms with Crippen LogP contribution in [0.3, 0.4) is 0 Å². The van der Waals surface area contributed by atoms with Crippen molar-refractivity contribution in [2.45, 2.75) is 65.0 Å². The van der Waals surface area contributed by atoms with Crippen molar-refractivity contribution in [3.63, 3.8) is 0 Å². The number of rotatable bonds is 7. The van der Waals surface area contributed by atoms with E-state index < -0.39 is 0 Å². The summed E-state index contributed by atoms with van der Waals surface area (Å²) in [5, 5.41) is 7.59. The zero-order chi connectivity index (χ0) is 14.4. The quantitative estimate of drug-likeness (QED) is 0.778. The van der Waals surface area contributed by atoms with Crippen molar-refractivity contribution < 1.29 is 4.52 Å². The Kier molecular flexibility index (Phi) is 5.98. The van der Waals surface area contributed by atoms with Crippen LogP contribution in [0.1, 0.15) is 64.1 Å². The molecule has 20 heavy (non-hydrogen) atoms. The molecule has 2 heterocycles. The van der Waals surface area contributed by atoms with Crippen LogP contribution in [-0.4, -0.2) is 40.7 Å². The molecule has 0 aliphatic carbocycles. The number of hydrogen-bond acceptors (Lipinski definition) is 5. The standard InChI is InChI=1S/C15H28N4O/c1-4-8-16-10-13-7-5-6-9-19(13)11-14-17-15(12(2)3)18-20-14/h12-13,16H,4-11H2,1-3H3. The van der Waals surface area contributed by atoms with Crippen LogP contribution in [0.2, 0.25) is 0 Å². The molecule has 0 radical (unpaired) electrons. The van der Waals surface area contributed by atoms with Crippen LogP contribution in [0.25, 0.3) is 0 Å². The fraction of sp³-hybridized carbons (Fsp3) is 0.867. The summed E-state index contributed by atoms with van der Waals surface area (Å²) < 4.78 is 5.38. The molecule has 1 N–H and O–H groups in total. The van der Waals surface area contributed by atoms with Crippen molar-refractivity contribution >= 4 is 0 Å². The monoisotopic (exact) mass is 280 g/mol. The number of nitrogens with zero attached hydrogens (tertiary/aromatic N) is 3. The van der Waals surface area contributed by atoms with E-state index in [1.54, 1.807) is 0 Å². The first-order valence-corrected chi connectivity index (χ1v) is 7.98. The molecule has 1 aromatic rings. The van der Waals surface area contributed by atoms with E-state index in [2.05, 4.69) is 41.1 Å². The molecule has 0 bridgehead atoms. The van der Waals surface area contributed by atoms with Gasteiger partial charge in [-0.2, -0.15) is 4.98 Å². The van der Waals surface area contributed by atoms with Crippen molar-refractivity contribution in [2.24, 2.45) is 0 Å². The summed E-state index contributed by atoms with van der Waals surface area (Å²) in [6, 6.07) is 0.602. The largest absolute Gasteiger partial charge is 0.338 e. The molecule has 1 fully saturated rings. The highest BCUT2D eigenvalue weighted by Gasteiger charge is 2.24. The second kappa shape index (κ2) is 7.74. The van der Waals surface area contributed by atoms with Crippen molar-refractivity contribution in [1.82, 2.24) is 20.4 Å². The smallest absolute Gasteiger partial charge is 0.240 e. The highest BCUT2D eigenvalue weighted by molar-refractivity contribution is 4.92. The van der Waals surface area contributed by atoms with Crippen molar-refractivity contribution in [3.8, 4) is 0 Å². The molecule has 0 saturated carbocycles. The summed E-state index contributed by atoms with van der Waals surface area (Å²) in [5.74, 6) is 1.91. The van der Waals surface area contributed by atoms with Gasteiger partial charge < -0.3 is 9.84 Å². The minimum Gasteiger partial charge on any atom is -0.338 e. The Morgan fingerprint density at radius 1 is 1.40 bits per heavy atom. The van der Waals surface area contributed by atoms with Crippen LogP contribution in [0, 0.1) is 0 Å². The fourth-order valence-corrected chi connectivity index (χ4v) is 2.69. The van der Waals surface area contributed by atoms with E-state index in [9.17, 15) is 0 Å². The summed E-state index contributed by atoms with van der Waals surface area (Å²) in [4.78, 5) is 6.98. The van der Waals surface area contributed by atoms with Gasteiger partial charge in [0.1, 0.15) is 0 Å². The minimum atomic E-state index is 0.330. The van der Waals surface area contributed by atoms with Crippen molar-refractivity contribution in [2.75, 3.05) is 19.6 Å². The van der Waals surface area contributed by atoms with Gasteiger partial charge in [-0.3, -0.25) is 4.90 Å². The van der Waals surface area contributed by atoms with Gasteiger partial charge in [-0.25, -0.2) is 0 Å². The highest BCUT2D eigenvalue weighted by Crippen LogP contribution is 2.19. The SMILES string of the molecule is CCCNCC1CCCCN1Cc1nc(C(C)C)no1. The maximum absolute atomic E-state index is 5.38. The van der Waals surface area contributed by atoms with Crippen LogP contribution in [0.4, 0.5) is 0 Å². The van der Waals surface area contributed by atoms with Crippen molar-refractivity contribution in [3.05, 3.63) is 11.7 Å². The van der Waals surface area contributed by atoms with E-state index in [-0.39, 0.29) is 0 Å². The Balaban J connectivity index is 1.90. The van der Waals surface area contributed by atoms with E-state index in [0.29, 0.717) is 12.0 Å². The summed E-state index contributed by atoms with van der Waals surface area (Å²) in [5.41, 5.74) is 0. The van der Waals surface area contributed by atoms with Gasteiger partial charge in [0.25, 0.3) is 0 Å². The molecule has 1 saturated heterocycles. The van der Waals surface area contributed by atoms with Crippen LogP contribution in [0.5, 0.6) is 0 Å². The molecule has 1 unspecified atom stereocenters. The lowest BCUT2D eigenvalue weighted by atomic mass is 10.0. The number of nitrogens with one attached hydrogen (secondary N) is 1. The molecule has 5 heteroatoms. The Hall–Kier alpha value is -0.940. The molecule has 0 amide bonds. The van der Waals surface area contributed by atoms with E-state index in [4.69, 9.17) is 4.52 Å². The van der Waals surface area contributed by atoms with Gasteiger partial charge in [-0.15, -0.1) is 0 Å². The topological polar surface area (TPSA) is 54.2 Å². The lowest BCUT2D eigenvalue weighted by Gasteiger charge is -2.34. The zero-order valence-corrected chi connectivity index (χ0v) is 13.1. The molecule has 5 nitrogen and oxygen atoms in total. The minimum absolute atomic E-state index is 0.330. The summed E-state index contributed by atoms with van der Waals surface area (Å²) in [6.07, 6.45) is 5.06. The molecule has 0 aromatic carbocycles. The van der Waals surface area contributed by atoms with Gasteiger partial charge in [-0.1, -0.05) is 32.3 Å². The predicted octanol–water partition coefficient (Wildman–Crippen LogP) is 2.55. The van der Waals surface area contributed by atoms with Gasteiger partial charge in [0.15, 0.2) is 5.82 Å². The zero-order valence-electron chi connectivity index (χ0n) is 13.1. The molecule has 1 atom stereocenters. The van der Waals surface area contributed by atoms with Crippen LogP contribution >= 0.6 is 0 Å². The molecule has 114 valence electrons. The third kappa shape index (κ3) is 4.28. The first kappa shape index (κ1) is 15.4. The second-order valence-corrected chi connectivity index (χ2v) is 6.03. The first-order valence-electron chi connectivity index (χ1n) is 7.98. The Bertz CT molecular complexity index is 391. The van der Waals surface area contributed by atoms with Gasteiger partial charge in [0, 0.05) is 18.5 Å². The van der Waals surface area contributed by atoms with Crippen molar-refractivity contribution in [1.29, 1.82) is 0 Å². The number of aromatic nitrogens is 2. The molecule has 1 aromatic heterocycles. The average molecular weight is 280 g/mol. The van der Waals surface area contributed by atoms with E-state index >= 15 is 0 Å². The van der Waals surface area contributed by atoms with Crippen LogP contribution < -0.4 is 5.32 Å². The highest BCUT2D eigenvalue weighted by atomic mass is 16.5. The Morgan fingerprint density at radius 3 is 2.95 bits per heavy atom. The number of piperidine rings is 1. The van der Waals surface area contributed by atoms with Crippen LogP contribution in [0.15, 0.2) is 4.52 Å². The van der Waals surface area contributed by atoms with Gasteiger partial charge in [0.2, 0.25) is 5.89 Å². The molecule has 0 spiro atoms. The molecular weight excluding hydrogens is 252 g/mol. The molecule has 1 aliphatic rings. The van der Waals surface area contributed by atoms with E-state index in [1.807, 2.05) is 0 Å². The Labute approximate surface area is 122 Å². The van der Waals surface area contributed by atoms with E-state index in [0.717, 1.165) is 37.9 Å². The maximum atomic E-state index is 5.38. The van der Waals surface area contributed by atoms with Crippen LogP contribution in [-0.2, 0) is 6.54 Å². The first-order chi connectivity index (χ1) is 9.70. The molecule has 1 aliphatic heterocycles. The fourth-order valence-electron chi connectivity index (χ4n) is 2.69. The number of hydrogen-bond donors (Lipinski definition) is 1. The summed E-state index contributed by atoms with van der Waals surface area (Å²) in [7, 11) is 0. The van der Waals surface area contributed by atoms with Gasteiger partial charge >= 0.3 is 0 Å². The molecule has 2 rings (SSSR count). The predicted molar refractivity (Wildman–Crippen MR) is 79.6 cm³/mol. The normalized spacial score (nSPS) is 20.7. The second-order valence-electron chi connectivity index (χ2n) is 6.03. The van der Waals surface area contributed by atoms with E-state index in [1.165, 1.54) is 25.7 Å². The lowest BCUT2D eigenvalue weighted by molar-refractivity contribution is 0.122.